The average Bonchev–Trinajstić information content (AvgIpc) is 3.87. The number of rotatable bonds is 6. The molecule has 0 aliphatic heterocycles. The molecule has 0 saturated heterocycles. The highest BCUT2D eigenvalue weighted by Gasteiger charge is 2.51. The van der Waals surface area contributed by atoms with Gasteiger partial charge in [0, 0.05) is 22.5 Å². The second kappa shape index (κ2) is 12.3. The van der Waals surface area contributed by atoms with Crippen LogP contribution in [0.15, 0.2) is 189 Å². The van der Waals surface area contributed by atoms with Crippen molar-refractivity contribution < 1.29 is 8.22 Å². The fourth-order valence-electron chi connectivity index (χ4n) is 10.2. The summed E-state index contributed by atoms with van der Waals surface area (Å²) in [5.41, 5.74) is 19.4. The lowest BCUT2D eigenvalue weighted by atomic mass is 9.70. The first-order chi connectivity index (χ1) is 30.5. The van der Waals surface area contributed by atoms with E-state index in [1.54, 1.807) is 12.1 Å². The molecule has 3 aliphatic carbocycles. The summed E-state index contributed by atoms with van der Waals surface area (Å²) >= 11 is 0. The molecule has 57 heavy (non-hydrogen) atoms. The van der Waals surface area contributed by atoms with E-state index in [-0.39, 0.29) is 28.6 Å². The maximum atomic E-state index is 8.44. The summed E-state index contributed by atoms with van der Waals surface area (Å²) in [4.78, 5) is 2.34. The smallest absolute Gasteiger partial charge is 0.0726 e. The van der Waals surface area contributed by atoms with E-state index < -0.39 is 18.5 Å². The van der Waals surface area contributed by atoms with Crippen LogP contribution >= 0.6 is 0 Å². The topological polar surface area (TPSA) is 3.24 Å². The van der Waals surface area contributed by atoms with Gasteiger partial charge in [0.1, 0.15) is 0 Å². The van der Waals surface area contributed by atoms with Crippen LogP contribution in [0.1, 0.15) is 66.6 Å². The van der Waals surface area contributed by atoms with Crippen molar-refractivity contribution in [1.29, 1.82) is 0 Å². The van der Waals surface area contributed by atoms with Gasteiger partial charge in [0.15, 0.2) is 0 Å². The molecule has 0 unspecified atom stereocenters. The van der Waals surface area contributed by atoms with Crippen LogP contribution in [0.25, 0.3) is 56.6 Å². The fourth-order valence-corrected chi connectivity index (χ4v) is 10.2. The Morgan fingerprint density at radius 2 is 0.842 bits per heavy atom. The molecule has 0 N–H and O–H groups in total. The second-order valence-corrected chi connectivity index (χ2v) is 15.9. The first-order valence-corrected chi connectivity index (χ1v) is 19.5. The molecule has 270 valence electrons. The molecule has 8 aromatic rings. The van der Waals surface area contributed by atoms with Crippen molar-refractivity contribution in [3.8, 4) is 44.5 Å². The molecule has 8 aromatic carbocycles. The summed E-state index contributed by atoms with van der Waals surface area (Å²) in [5.74, 6) is 0. The van der Waals surface area contributed by atoms with Crippen LogP contribution < -0.4 is 4.90 Å². The lowest BCUT2D eigenvalue weighted by Crippen LogP contribution is -2.26. The van der Waals surface area contributed by atoms with Crippen molar-refractivity contribution in [2.45, 2.75) is 24.7 Å². The van der Waals surface area contributed by atoms with Crippen LogP contribution in [0, 0.1) is 0 Å². The van der Waals surface area contributed by atoms with Crippen LogP contribution in [0.2, 0.25) is 0 Å². The summed E-state index contributed by atoms with van der Waals surface area (Å²) in [6, 6.07) is 61.6. The standard InChI is InChI=1S/C56H41N/c1-5-36-31-37(6-2)33-39(32-36)38-23-25-40(26-24-38)57(41-27-29-47-43-15-7-11-19-49(43)55(3,4)53(47)34-41)42-28-30-48-46-18-10-14-22-52(46)56(54(48)35-42)50-20-12-8-16-44(50)45-17-9-13-21-51(45)56/h5-35H,1-2H2,3-4H3/i1D2,2D2,5D,6D. The Morgan fingerprint density at radius 3 is 1.37 bits per heavy atom. The molecular formula is C56H41N. The molecule has 0 heterocycles. The number of benzene rings is 8. The molecule has 0 bridgehead atoms. The van der Waals surface area contributed by atoms with Gasteiger partial charge in [-0.25, -0.2) is 0 Å². The van der Waals surface area contributed by atoms with E-state index in [1.165, 1.54) is 72.8 Å². The van der Waals surface area contributed by atoms with Crippen molar-refractivity contribution in [2.75, 3.05) is 4.90 Å². The zero-order valence-corrected chi connectivity index (χ0v) is 31.7. The second-order valence-electron chi connectivity index (χ2n) is 15.9. The maximum absolute atomic E-state index is 8.44. The van der Waals surface area contributed by atoms with E-state index in [2.05, 4.69) is 164 Å². The number of nitrogens with zero attached hydrogens (tertiary/aromatic N) is 1. The summed E-state index contributed by atoms with van der Waals surface area (Å²) in [6.07, 6.45) is 0. The highest BCUT2D eigenvalue weighted by Crippen LogP contribution is 2.63. The largest absolute Gasteiger partial charge is 0.310 e. The van der Waals surface area contributed by atoms with Gasteiger partial charge in [0.2, 0.25) is 0 Å². The molecule has 1 spiro atoms. The molecule has 0 fully saturated rings. The molecule has 0 aromatic heterocycles. The Bertz CT molecular complexity index is 3170. The normalized spacial score (nSPS) is 15.5. The average molecular weight is 734 g/mol. The minimum absolute atomic E-state index is 0.215. The van der Waals surface area contributed by atoms with Crippen LogP contribution in [0.5, 0.6) is 0 Å². The molecule has 0 radical (unpaired) electrons. The summed E-state index contributed by atoms with van der Waals surface area (Å²) in [7, 11) is 0. The number of hydrogen-bond donors (Lipinski definition) is 0. The molecule has 1 heteroatoms. The maximum Gasteiger partial charge on any atom is 0.0726 e. The predicted octanol–water partition coefficient (Wildman–Crippen LogP) is 14.8. The highest BCUT2D eigenvalue weighted by atomic mass is 15.1. The van der Waals surface area contributed by atoms with Gasteiger partial charge in [-0.15, -0.1) is 0 Å². The molecular weight excluding hydrogens is 687 g/mol. The van der Waals surface area contributed by atoms with Crippen LogP contribution in [0.3, 0.4) is 0 Å². The minimum atomic E-state index is -0.652. The molecule has 11 rings (SSSR count). The Morgan fingerprint density at radius 1 is 0.421 bits per heavy atom. The van der Waals surface area contributed by atoms with E-state index in [0.717, 1.165) is 22.6 Å². The Hall–Kier alpha value is -6.96. The van der Waals surface area contributed by atoms with Crippen LogP contribution in [-0.2, 0) is 10.8 Å². The number of fused-ring (bicyclic) bond motifs is 13. The molecule has 1 nitrogen and oxygen atoms in total. The predicted molar refractivity (Wildman–Crippen MR) is 241 cm³/mol. The Labute approximate surface area is 344 Å². The fraction of sp³-hybridized carbons (Fsp3) is 0.0714. The van der Waals surface area contributed by atoms with Crippen LogP contribution in [0.4, 0.5) is 17.1 Å². The lowest BCUT2D eigenvalue weighted by molar-refractivity contribution is 0.660. The van der Waals surface area contributed by atoms with E-state index in [9.17, 15) is 0 Å². The summed E-state index contributed by atoms with van der Waals surface area (Å²) in [5, 5.41) is 0. The van der Waals surface area contributed by atoms with Gasteiger partial charge < -0.3 is 4.90 Å². The third-order valence-corrected chi connectivity index (χ3v) is 12.7. The van der Waals surface area contributed by atoms with Crippen LogP contribution in [-0.4, -0.2) is 0 Å². The number of hydrogen-bond acceptors (Lipinski definition) is 1. The monoisotopic (exact) mass is 733 g/mol. The summed E-state index contributed by atoms with van der Waals surface area (Å²) in [6.45, 7) is 3.30. The van der Waals surface area contributed by atoms with Crippen molar-refractivity contribution in [2.24, 2.45) is 0 Å². The quantitative estimate of drug-likeness (QED) is 0.164. The Balaban J connectivity index is 1.12. The first kappa shape index (κ1) is 27.6. The SMILES string of the molecule is [2H]C([2H])=C([2H])c1cc(C([2H])=C([2H])[2H])cc(-c2ccc(N(c3ccc4c(c3)C(C)(C)c3ccccc3-4)c3ccc4c(c3)C3(c5ccccc5-c5ccccc53)c3ccccc3-4)cc2)c1. The third kappa shape index (κ3) is 4.63. The van der Waals surface area contributed by atoms with Gasteiger partial charge in [-0.05, 0) is 144 Å². The van der Waals surface area contributed by atoms with Crippen molar-refractivity contribution in [3.63, 3.8) is 0 Å². The van der Waals surface area contributed by atoms with Gasteiger partial charge in [-0.2, -0.15) is 0 Å². The van der Waals surface area contributed by atoms with Gasteiger partial charge in [-0.3, -0.25) is 0 Å². The minimum Gasteiger partial charge on any atom is -0.310 e. The zero-order valence-electron chi connectivity index (χ0n) is 37.7. The zero-order chi connectivity index (χ0) is 43.4. The van der Waals surface area contributed by atoms with E-state index in [0.29, 0.717) is 5.56 Å². The van der Waals surface area contributed by atoms with Gasteiger partial charge in [0.25, 0.3) is 0 Å². The first-order valence-electron chi connectivity index (χ1n) is 22.5. The van der Waals surface area contributed by atoms with Crippen molar-refractivity contribution in [1.82, 2.24) is 0 Å². The summed E-state index contributed by atoms with van der Waals surface area (Å²) < 4.78 is 48.2. The van der Waals surface area contributed by atoms with Gasteiger partial charge >= 0.3 is 0 Å². The van der Waals surface area contributed by atoms with Crippen molar-refractivity contribution in [3.05, 3.63) is 233 Å². The van der Waals surface area contributed by atoms with Crippen molar-refractivity contribution >= 4 is 29.2 Å². The van der Waals surface area contributed by atoms with Gasteiger partial charge in [0.05, 0.1) is 13.6 Å². The highest BCUT2D eigenvalue weighted by molar-refractivity contribution is 5.96. The Kier molecular flexibility index (Phi) is 5.94. The van der Waals surface area contributed by atoms with E-state index >= 15 is 0 Å². The molecule has 0 atom stereocenters. The number of anilines is 3. The van der Waals surface area contributed by atoms with E-state index in [4.69, 9.17) is 8.22 Å². The van der Waals surface area contributed by atoms with Gasteiger partial charge in [-0.1, -0.05) is 160 Å². The molecule has 0 amide bonds. The van der Waals surface area contributed by atoms with E-state index in [1.807, 2.05) is 12.1 Å². The third-order valence-electron chi connectivity index (χ3n) is 12.7. The molecule has 0 saturated carbocycles. The molecule has 3 aliphatic rings. The lowest BCUT2D eigenvalue weighted by Gasteiger charge is -2.32.